The topological polar surface area (TPSA) is 107 Å². The maximum atomic E-state index is 12.6. The van der Waals surface area contributed by atoms with Crippen molar-refractivity contribution in [3.63, 3.8) is 0 Å². The summed E-state index contributed by atoms with van der Waals surface area (Å²) in [6, 6.07) is -2.68. The van der Waals surface area contributed by atoms with Crippen LogP contribution in [0.4, 0.5) is 18.0 Å². The minimum Gasteiger partial charge on any atom is -0.481 e. The molecule has 21 heavy (non-hydrogen) atoms. The number of hydrogen-bond donors (Lipinski definition) is 3. The first kappa shape index (κ1) is 17.1. The highest BCUT2D eigenvalue weighted by atomic mass is 19.4. The SMILES string of the molecule is O=C(O)C[C@@H](NC(=O)N1CCCC(C(F)(F)F)C1)C(=O)O. The van der Waals surface area contributed by atoms with Crippen LogP contribution in [0, 0.1) is 5.92 Å². The van der Waals surface area contributed by atoms with E-state index in [4.69, 9.17) is 10.2 Å². The van der Waals surface area contributed by atoms with Gasteiger partial charge in [0, 0.05) is 13.1 Å². The normalized spacial score (nSPS) is 20.7. The zero-order valence-electron chi connectivity index (χ0n) is 10.9. The minimum atomic E-state index is -4.42. The first-order valence-electron chi connectivity index (χ1n) is 6.18. The van der Waals surface area contributed by atoms with E-state index < -0.39 is 49.1 Å². The van der Waals surface area contributed by atoms with Crippen LogP contribution < -0.4 is 5.32 Å². The lowest BCUT2D eigenvalue weighted by molar-refractivity contribution is -0.184. The number of carboxylic acids is 2. The highest BCUT2D eigenvalue weighted by molar-refractivity contribution is 5.86. The predicted molar refractivity (Wildman–Crippen MR) is 62.6 cm³/mol. The van der Waals surface area contributed by atoms with Gasteiger partial charge in [-0.2, -0.15) is 13.2 Å². The summed E-state index contributed by atoms with van der Waals surface area (Å²) in [5.41, 5.74) is 0. The molecule has 1 aliphatic heterocycles. The Balaban J connectivity index is 2.65. The van der Waals surface area contributed by atoms with Gasteiger partial charge in [0.05, 0.1) is 12.3 Å². The van der Waals surface area contributed by atoms with E-state index in [9.17, 15) is 27.6 Å². The van der Waals surface area contributed by atoms with Crippen LogP contribution in [0.5, 0.6) is 0 Å². The number of rotatable bonds is 4. The number of halogens is 3. The van der Waals surface area contributed by atoms with Crippen molar-refractivity contribution in [1.82, 2.24) is 10.2 Å². The predicted octanol–water partition coefficient (Wildman–Crippen LogP) is 0.898. The second-order valence-electron chi connectivity index (χ2n) is 4.76. The van der Waals surface area contributed by atoms with Gasteiger partial charge in [-0.15, -0.1) is 0 Å². The number of carbonyl (C=O) groups is 3. The molecule has 1 unspecified atom stereocenters. The molecule has 2 atom stereocenters. The van der Waals surface area contributed by atoms with Crippen molar-refractivity contribution in [3.8, 4) is 0 Å². The fourth-order valence-corrected chi connectivity index (χ4v) is 2.04. The number of aliphatic carboxylic acids is 2. The Hall–Kier alpha value is -2.00. The summed E-state index contributed by atoms with van der Waals surface area (Å²) in [5, 5.41) is 19.2. The lowest BCUT2D eigenvalue weighted by atomic mass is 9.98. The Labute approximate surface area is 117 Å². The molecular formula is C11H15F3N2O5. The number of likely N-dealkylation sites (tertiary alicyclic amines) is 1. The van der Waals surface area contributed by atoms with Gasteiger partial charge >= 0.3 is 24.1 Å². The molecule has 1 heterocycles. The zero-order valence-corrected chi connectivity index (χ0v) is 10.9. The third-order valence-electron chi connectivity index (χ3n) is 3.15. The molecule has 10 heteroatoms. The molecule has 0 spiro atoms. The van der Waals surface area contributed by atoms with Crippen LogP contribution in [0.1, 0.15) is 19.3 Å². The van der Waals surface area contributed by atoms with Crippen molar-refractivity contribution in [3.05, 3.63) is 0 Å². The van der Waals surface area contributed by atoms with Gasteiger partial charge in [-0.25, -0.2) is 9.59 Å². The molecule has 2 amide bonds. The van der Waals surface area contributed by atoms with Crippen LogP contribution >= 0.6 is 0 Å². The summed E-state index contributed by atoms with van der Waals surface area (Å²) < 4.78 is 37.8. The van der Waals surface area contributed by atoms with Crippen LogP contribution in [0.25, 0.3) is 0 Å². The number of urea groups is 1. The Bertz CT molecular complexity index is 427. The highest BCUT2D eigenvalue weighted by Crippen LogP contribution is 2.33. The van der Waals surface area contributed by atoms with E-state index >= 15 is 0 Å². The maximum absolute atomic E-state index is 12.6. The highest BCUT2D eigenvalue weighted by Gasteiger charge is 2.43. The molecule has 3 N–H and O–H groups in total. The summed E-state index contributed by atoms with van der Waals surface area (Å²) in [5.74, 6) is -4.65. The van der Waals surface area contributed by atoms with E-state index in [1.54, 1.807) is 0 Å². The first-order valence-corrected chi connectivity index (χ1v) is 6.18. The average molecular weight is 312 g/mol. The van der Waals surface area contributed by atoms with Crippen LogP contribution in [0.2, 0.25) is 0 Å². The van der Waals surface area contributed by atoms with E-state index in [0.717, 1.165) is 4.90 Å². The first-order chi connectivity index (χ1) is 9.61. The smallest absolute Gasteiger partial charge is 0.393 e. The second-order valence-corrected chi connectivity index (χ2v) is 4.76. The van der Waals surface area contributed by atoms with Gasteiger partial charge in [-0.3, -0.25) is 4.79 Å². The summed E-state index contributed by atoms with van der Waals surface area (Å²) in [6.07, 6.45) is -5.22. The van der Waals surface area contributed by atoms with E-state index in [0.29, 0.717) is 0 Å². The third-order valence-corrected chi connectivity index (χ3v) is 3.15. The van der Waals surface area contributed by atoms with Gasteiger partial charge in [-0.1, -0.05) is 0 Å². The van der Waals surface area contributed by atoms with Crippen LogP contribution in [0.15, 0.2) is 0 Å². The lowest BCUT2D eigenvalue weighted by Crippen LogP contribution is -2.52. The van der Waals surface area contributed by atoms with Crippen LogP contribution in [-0.2, 0) is 9.59 Å². The number of carbonyl (C=O) groups excluding carboxylic acids is 1. The van der Waals surface area contributed by atoms with Gasteiger partial charge in [0.15, 0.2) is 0 Å². The van der Waals surface area contributed by atoms with Crippen molar-refractivity contribution >= 4 is 18.0 Å². The van der Waals surface area contributed by atoms with Gasteiger partial charge in [0.1, 0.15) is 6.04 Å². The maximum Gasteiger partial charge on any atom is 0.393 e. The number of alkyl halides is 3. The molecule has 7 nitrogen and oxygen atoms in total. The van der Waals surface area contributed by atoms with Crippen molar-refractivity contribution < 1.29 is 37.8 Å². The molecule has 1 rings (SSSR count). The Morgan fingerprint density at radius 3 is 2.38 bits per heavy atom. The minimum absolute atomic E-state index is 0.0673. The molecule has 120 valence electrons. The lowest BCUT2D eigenvalue weighted by Gasteiger charge is -2.34. The Morgan fingerprint density at radius 1 is 1.29 bits per heavy atom. The van der Waals surface area contributed by atoms with Gasteiger partial charge < -0.3 is 20.4 Å². The van der Waals surface area contributed by atoms with E-state index in [-0.39, 0.29) is 19.4 Å². The van der Waals surface area contributed by atoms with E-state index in [2.05, 4.69) is 0 Å². The molecule has 1 aliphatic rings. The Morgan fingerprint density at radius 2 is 1.90 bits per heavy atom. The molecule has 0 aromatic carbocycles. The van der Waals surface area contributed by atoms with Crippen molar-refractivity contribution in [1.29, 1.82) is 0 Å². The zero-order chi connectivity index (χ0) is 16.2. The summed E-state index contributed by atoms with van der Waals surface area (Å²) in [6.45, 7) is -0.493. The van der Waals surface area contributed by atoms with E-state index in [1.807, 2.05) is 5.32 Å². The van der Waals surface area contributed by atoms with Crippen LogP contribution in [-0.4, -0.2) is 58.4 Å². The van der Waals surface area contributed by atoms with Crippen molar-refractivity contribution in [2.75, 3.05) is 13.1 Å². The largest absolute Gasteiger partial charge is 0.481 e. The number of piperidine rings is 1. The molecule has 0 saturated carbocycles. The molecule has 0 radical (unpaired) electrons. The molecule has 1 fully saturated rings. The number of carboxylic acid groups (broad SMARTS) is 2. The molecule has 0 aromatic heterocycles. The van der Waals surface area contributed by atoms with Crippen LogP contribution in [0.3, 0.4) is 0 Å². The van der Waals surface area contributed by atoms with Gasteiger partial charge in [0.25, 0.3) is 0 Å². The molecule has 0 aliphatic carbocycles. The number of hydrogen-bond acceptors (Lipinski definition) is 3. The number of amides is 2. The summed E-state index contributed by atoms with van der Waals surface area (Å²) in [4.78, 5) is 33.9. The molecule has 0 aromatic rings. The number of nitrogens with one attached hydrogen (secondary N) is 1. The number of nitrogens with zero attached hydrogens (tertiary/aromatic N) is 1. The monoisotopic (exact) mass is 312 g/mol. The Kier molecular flexibility index (Phi) is 5.39. The van der Waals surface area contributed by atoms with Gasteiger partial charge in [-0.05, 0) is 12.8 Å². The quantitative estimate of drug-likeness (QED) is 0.715. The summed E-state index contributed by atoms with van der Waals surface area (Å²) in [7, 11) is 0. The molecule has 1 saturated heterocycles. The third kappa shape index (κ3) is 5.12. The average Bonchev–Trinajstić information content (AvgIpc) is 2.36. The fraction of sp³-hybridized carbons (Fsp3) is 0.727. The second kappa shape index (κ2) is 6.64. The fourth-order valence-electron chi connectivity index (χ4n) is 2.04. The molecule has 0 bridgehead atoms. The van der Waals surface area contributed by atoms with E-state index in [1.165, 1.54) is 0 Å². The standard InChI is InChI=1S/C11H15F3N2O5/c12-11(13,14)6-2-1-3-16(5-6)10(21)15-7(9(19)20)4-8(17)18/h6-7H,1-5H2,(H,15,21)(H,17,18)(H,19,20)/t6?,7-/m1/s1. The van der Waals surface area contributed by atoms with Gasteiger partial charge in [0.2, 0.25) is 0 Å². The molecular weight excluding hydrogens is 297 g/mol. The van der Waals surface area contributed by atoms with Crippen molar-refractivity contribution in [2.45, 2.75) is 31.5 Å². The van der Waals surface area contributed by atoms with Crippen molar-refractivity contribution in [2.24, 2.45) is 5.92 Å². The summed E-state index contributed by atoms with van der Waals surface area (Å²) >= 11 is 0.